The van der Waals surface area contributed by atoms with E-state index in [9.17, 15) is 0 Å². The molecule has 260 valence electrons. The first-order valence-corrected chi connectivity index (χ1v) is 16.1. The molecule has 0 atom stereocenters. The molecule has 0 aromatic heterocycles. The van der Waals surface area contributed by atoms with Crippen molar-refractivity contribution in [3.05, 3.63) is 0 Å². The standard InChI is InChI=1S/C28H56Cl2O13/c29-1-3-31-5-7-33-9-11-35-13-15-37-17-19-39-21-23-41-25-27-43-28-26-42-24-22-40-20-18-38-16-14-36-12-10-34-8-6-32-4-2-30/h1-28H2. The highest BCUT2D eigenvalue weighted by Crippen LogP contribution is 1.88. The second-order valence-electron chi connectivity index (χ2n) is 8.34. The van der Waals surface area contributed by atoms with Gasteiger partial charge in [0.25, 0.3) is 0 Å². The molecule has 0 aliphatic carbocycles. The van der Waals surface area contributed by atoms with E-state index in [-0.39, 0.29) is 0 Å². The van der Waals surface area contributed by atoms with Crippen LogP contribution in [0, 0.1) is 0 Å². The molecule has 0 aromatic carbocycles. The maximum Gasteiger partial charge on any atom is 0.0701 e. The molecule has 0 aliphatic heterocycles. The third kappa shape index (κ3) is 42.1. The van der Waals surface area contributed by atoms with Crippen LogP contribution in [0.2, 0.25) is 0 Å². The average Bonchev–Trinajstić information content (AvgIpc) is 3.02. The topological polar surface area (TPSA) is 120 Å². The van der Waals surface area contributed by atoms with Gasteiger partial charge in [-0.2, -0.15) is 0 Å². The Labute approximate surface area is 268 Å². The van der Waals surface area contributed by atoms with E-state index in [1.54, 1.807) is 0 Å². The van der Waals surface area contributed by atoms with Crippen LogP contribution in [0.15, 0.2) is 0 Å². The van der Waals surface area contributed by atoms with Gasteiger partial charge in [-0.15, -0.1) is 23.2 Å². The first-order chi connectivity index (χ1) is 21.4. The minimum atomic E-state index is 0.497. The summed E-state index contributed by atoms with van der Waals surface area (Å²) in [6.07, 6.45) is 0. The van der Waals surface area contributed by atoms with E-state index >= 15 is 0 Å². The molecule has 0 heterocycles. The molecule has 0 spiro atoms. The van der Waals surface area contributed by atoms with E-state index in [2.05, 4.69) is 0 Å². The fourth-order valence-electron chi connectivity index (χ4n) is 2.85. The Bertz CT molecular complexity index is 448. The lowest BCUT2D eigenvalue weighted by Crippen LogP contribution is -2.15. The Morgan fingerprint density at radius 3 is 0.349 bits per heavy atom. The first-order valence-electron chi connectivity index (χ1n) is 15.0. The number of ether oxygens (including phenoxy) is 13. The number of hydrogen-bond donors (Lipinski definition) is 0. The molecule has 0 bridgehead atoms. The van der Waals surface area contributed by atoms with E-state index in [4.69, 9.17) is 84.8 Å². The third-order valence-corrected chi connectivity index (χ3v) is 5.22. The van der Waals surface area contributed by atoms with Crippen LogP contribution in [0.1, 0.15) is 0 Å². The van der Waals surface area contributed by atoms with E-state index < -0.39 is 0 Å². The summed E-state index contributed by atoms with van der Waals surface area (Å²) < 4.78 is 70.1. The summed E-state index contributed by atoms with van der Waals surface area (Å²) in [6.45, 7) is 13.6. The Morgan fingerprint density at radius 2 is 0.256 bits per heavy atom. The van der Waals surface area contributed by atoms with Crippen molar-refractivity contribution in [3.63, 3.8) is 0 Å². The number of hydrogen-bond acceptors (Lipinski definition) is 13. The molecule has 43 heavy (non-hydrogen) atoms. The summed E-state index contributed by atoms with van der Waals surface area (Å²) in [5.41, 5.74) is 0. The number of alkyl halides is 2. The Hall–Kier alpha value is 0.0600. The van der Waals surface area contributed by atoms with Gasteiger partial charge in [0.2, 0.25) is 0 Å². The van der Waals surface area contributed by atoms with Crippen molar-refractivity contribution in [2.75, 3.05) is 184 Å². The van der Waals surface area contributed by atoms with E-state index in [1.807, 2.05) is 0 Å². The minimum Gasteiger partial charge on any atom is -0.378 e. The van der Waals surface area contributed by atoms with Crippen molar-refractivity contribution in [2.45, 2.75) is 0 Å². The molecule has 0 saturated carbocycles. The number of rotatable bonds is 40. The molecular formula is C28H56Cl2O13. The van der Waals surface area contributed by atoms with Crippen LogP contribution in [-0.4, -0.2) is 184 Å². The Kier molecular flexibility index (Phi) is 42.1. The lowest BCUT2D eigenvalue weighted by atomic mass is 10.6. The zero-order valence-electron chi connectivity index (χ0n) is 25.9. The molecule has 15 heteroatoms. The third-order valence-electron chi connectivity index (χ3n) is 4.91. The van der Waals surface area contributed by atoms with Crippen molar-refractivity contribution >= 4 is 23.2 Å². The molecule has 13 nitrogen and oxygen atoms in total. The quantitative estimate of drug-likeness (QED) is 0.0695. The Morgan fingerprint density at radius 1 is 0.163 bits per heavy atom. The monoisotopic (exact) mass is 670 g/mol. The van der Waals surface area contributed by atoms with Crippen LogP contribution in [0.3, 0.4) is 0 Å². The second-order valence-corrected chi connectivity index (χ2v) is 9.09. The van der Waals surface area contributed by atoms with Gasteiger partial charge in [-0.3, -0.25) is 0 Å². The highest BCUT2D eigenvalue weighted by Gasteiger charge is 1.97. The first kappa shape index (κ1) is 43.1. The lowest BCUT2D eigenvalue weighted by molar-refractivity contribution is -0.0288. The molecule has 0 N–H and O–H groups in total. The summed E-state index contributed by atoms with van der Waals surface area (Å²) in [7, 11) is 0. The second kappa shape index (κ2) is 42.1. The van der Waals surface area contributed by atoms with Crippen molar-refractivity contribution in [1.82, 2.24) is 0 Å². The fourth-order valence-corrected chi connectivity index (χ4v) is 3.07. The van der Waals surface area contributed by atoms with Gasteiger partial charge >= 0.3 is 0 Å². The van der Waals surface area contributed by atoms with Gasteiger partial charge in [0.15, 0.2) is 0 Å². The zero-order valence-corrected chi connectivity index (χ0v) is 27.4. The molecule has 0 radical (unpaired) electrons. The van der Waals surface area contributed by atoms with E-state index in [0.29, 0.717) is 184 Å². The summed E-state index contributed by atoms with van der Waals surface area (Å²) in [5, 5.41) is 0. The van der Waals surface area contributed by atoms with Crippen LogP contribution in [0.25, 0.3) is 0 Å². The van der Waals surface area contributed by atoms with Crippen LogP contribution in [0.4, 0.5) is 0 Å². The fraction of sp³-hybridized carbons (Fsp3) is 1.00. The smallest absolute Gasteiger partial charge is 0.0701 e. The zero-order chi connectivity index (χ0) is 31.0. The van der Waals surface area contributed by atoms with Crippen molar-refractivity contribution < 1.29 is 61.6 Å². The number of halogens is 2. The predicted octanol–water partition coefficient (Wildman–Crippen LogP) is 1.68. The van der Waals surface area contributed by atoms with Crippen LogP contribution in [-0.2, 0) is 61.6 Å². The summed E-state index contributed by atoms with van der Waals surface area (Å²) in [6, 6.07) is 0. The van der Waals surface area contributed by atoms with Crippen molar-refractivity contribution in [1.29, 1.82) is 0 Å². The Balaban J connectivity index is 3.02. The van der Waals surface area contributed by atoms with Crippen LogP contribution < -0.4 is 0 Å². The highest BCUT2D eigenvalue weighted by atomic mass is 35.5. The summed E-state index contributed by atoms with van der Waals surface area (Å²) in [5.74, 6) is 0.993. The molecule has 0 aliphatic rings. The van der Waals surface area contributed by atoms with Crippen molar-refractivity contribution in [2.24, 2.45) is 0 Å². The molecule has 0 aromatic rings. The maximum absolute atomic E-state index is 5.51. The van der Waals surface area contributed by atoms with Gasteiger partial charge in [-0.05, 0) is 0 Å². The largest absolute Gasteiger partial charge is 0.378 e. The molecule has 0 rings (SSSR count). The van der Waals surface area contributed by atoms with Crippen molar-refractivity contribution in [3.8, 4) is 0 Å². The van der Waals surface area contributed by atoms with Gasteiger partial charge < -0.3 is 61.6 Å². The average molecular weight is 672 g/mol. The summed E-state index contributed by atoms with van der Waals surface area (Å²) >= 11 is 11.0. The van der Waals surface area contributed by atoms with Crippen LogP contribution >= 0.6 is 23.2 Å². The van der Waals surface area contributed by atoms with Crippen LogP contribution in [0.5, 0.6) is 0 Å². The maximum atomic E-state index is 5.51. The van der Waals surface area contributed by atoms with Gasteiger partial charge in [-0.1, -0.05) is 0 Å². The highest BCUT2D eigenvalue weighted by molar-refractivity contribution is 6.18. The molecule has 0 fully saturated rings. The summed E-state index contributed by atoms with van der Waals surface area (Å²) in [4.78, 5) is 0. The van der Waals surface area contributed by atoms with E-state index in [0.717, 1.165) is 0 Å². The SMILES string of the molecule is ClCCOCCOCCOCCOCCOCCOCCOCCOCCOCCOCCOCCOCCOCCCl. The van der Waals surface area contributed by atoms with Gasteiger partial charge in [0.05, 0.1) is 172 Å². The predicted molar refractivity (Wildman–Crippen MR) is 162 cm³/mol. The molecule has 0 unspecified atom stereocenters. The lowest BCUT2D eigenvalue weighted by Gasteiger charge is -2.09. The minimum absolute atomic E-state index is 0.497. The normalized spacial score (nSPS) is 11.6. The van der Waals surface area contributed by atoms with Gasteiger partial charge in [0, 0.05) is 11.8 Å². The molecule has 0 saturated heterocycles. The molecule has 0 amide bonds. The molecular weight excluding hydrogens is 615 g/mol. The van der Waals surface area contributed by atoms with E-state index in [1.165, 1.54) is 0 Å². The van der Waals surface area contributed by atoms with Gasteiger partial charge in [-0.25, -0.2) is 0 Å². The van der Waals surface area contributed by atoms with Gasteiger partial charge in [0.1, 0.15) is 0 Å².